The number of hydrogen-bond donors (Lipinski definition) is 2. The van der Waals surface area contributed by atoms with Crippen molar-refractivity contribution in [3.63, 3.8) is 0 Å². The molecule has 0 bridgehead atoms. The molecule has 0 aromatic heterocycles. The van der Waals surface area contributed by atoms with Crippen molar-refractivity contribution < 1.29 is 4.79 Å². The van der Waals surface area contributed by atoms with Gasteiger partial charge in [0.15, 0.2) is 0 Å². The van der Waals surface area contributed by atoms with Crippen LogP contribution >= 0.6 is 0 Å². The van der Waals surface area contributed by atoms with Crippen LogP contribution in [0.1, 0.15) is 27.4 Å². The highest BCUT2D eigenvalue weighted by atomic mass is 16.2. The fourth-order valence-corrected chi connectivity index (χ4v) is 2.16. The Bertz CT molecular complexity index is 578. The van der Waals surface area contributed by atoms with E-state index < -0.39 is 0 Å². The van der Waals surface area contributed by atoms with Gasteiger partial charge in [-0.15, -0.1) is 6.58 Å². The summed E-state index contributed by atoms with van der Waals surface area (Å²) in [7, 11) is 0. The van der Waals surface area contributed by atoms with Crippen molar-refractivity contribution in [1.82, 2.24) is 5.43 Å². The standard InChI is InChI=1S/C16H16N2O/c1-2-13(12-8-4-3-5-9-12)14-10-6-7-11-15(14)16(19)18-17/h2-11,13H,1,17H2,(H,18,19). The minimum atomic E-state index is -0.293. The van der Waals surface area contributed by atoms with Crippen LogP contribution in [0.4, 0.5) is 0 Å². The summed E-state index contributed by atoms with van der Waals surface area (Å²) in [6.07, 6.45) is 1.83. The first-order valence-corrected chi connectivity index (χ1v) is 6.05. The van der Waals surface area contributed by atoms with Gasteiger partial charge in [0.05, 0.1) is 0 Å². The van der Waals surface area contributed by atoms with Crippen LogP contribution in [0.25, 0.3) is 0 Å². The quantitative estimate of drug-likeness (QED) is 0.380. The molecule has 0 aliphatic heterocycles. The number of amides is 1. The molecule has 2 aromatic carbocycles. The smallest absolute Gasteiger partial charge is 0.265 e. The van der Waals surface area contributed by atoms with Crippen LogP contribution in [0.3, 0.4) is 0 Å². The summed E-state index contributed by atoms with van der Waals surface area (Å²) in [5.41, 5.74) is 4.73. The number of benzene rings is 2. The van der Waals surface area contributed by atoms with Crippen molar-refractivity contribution in [3.8, 4) is 0 Å². The summed E-state index contributed by atoms with van der Waals surface area (Å²) in [5.74, 6) is 4.90. The zero-order valence-electron chi connectivity index (χ0n) is 10.5. The summed E-state index contributed by atoms with van der Waals surface area (Å²) in [6, 6.07) is 17.3. The Balaban J connectivity index is 2.50. The molecule has 0 radical (unpaired) electrons. The van der Waals surface area contributed by atoms with Crippen LogP contribution in [-0.4, -0.2) is 5.91 Å². The van der Waals surface area contributed by atoms with Gasteiger partial charge in [-0.2, -0.15) is 0 Å². The van der Waals surface area contributed by atoms with Crippen molar-refractivity contribution in [3.05, 3.63) is 83.9 Å². The Kier molecular flexibility index (Phi) is 4.11. The van der Waals surface area contributed by atoms with E-state index in [9.17, 15) is 4.79 Å². The molecule has 1 unspecified atom stereocenters. The number of nitrogens with two attached hydrogens (primary N) is 1. The lowest BCUT2D eigenvalue weighted by molar-refractivity contribution is 0.0952. The number of allylic oxidation sites excluding steroid dienone is 1. The van der Waals surface area contributed by atoms with Crippen molar-refractivity contribution in [2.75, 3.05) is 0 Å². The number of carbonyl (C=O) groups excluding carboxylic acids is 1. The van der Waals surface area contributed by atoms with E-state index in [0.717, 1.165) is 11.1 Å². The van der Waals surface area contributed by atoms with Crippen molar-refractivity contribution in [2.24, 2.45) is 5.84 Å². The molecular formula is C16H16N2O. The maximum Gasteiger partial charge on any atom is 0.265 e. The van der Waals surface area contributed by atoms with Crippen LogP contribution in [0.5, 0.6) is 0 Å². The Morgan fingerprint density at radius 1 is 1.11 bits per heavy atom. The van der Waals surface area contributed by atoms with Gasteiger partial charge in [0.2, 0.25) is 0 Å². The van der Waals surface area contributed by atoms with Crippen LogP contribution in [0.15, 0.2) is 67.3 Å². The zero-order chi connectivity index (χ0) is 13.7. The van der Waals surface area contributed by atoms with Crippen molar-refractivity contribution >= 4 is 5.91 Å². The highest BCUT2D eigenvalue weighted by Crippen LogP contribution is 2.28. The third kappa shape index (κ3) is 2.72. The molecule has 0 spiro atoms. The fourth-order valence-electron chi connectivity index (χ4n) is 2.16. The molecule has 1 atom stereocenters. The second kappa shape index (κ2) is 5.98. The average molecular weight is 252 g/mol. The molecule has 96 valence electrons. The first-order valence-electron chi connectivity index (χ1n) is 6.05. The van der Waals surface area contributed by atoms with E-state index in [-0.39, 0.29) is 11.8 Å². The normalized spacial score (nSPS) is 11.6. The van der Waals surface area contributed by atoms with E-state index >= 15 is 0 Å². The van der Waals surface area contributed by atoms with Crippen LogP contribution < -0.4 is 11.3 Å². The molecule has 3 heteroatoms. The van der Waals surface area contributed by atoms with E-state index in [1.165, 1.54) is 0 Å². The molecule has 0 aliphatic rings. The molecule has 1 amide bonds. The van der Waals surface area contributed by atoms with Crippen LogP contribution in [0, 0.1) is 0 Å². The SMILES string of the molecule is C=CC(c1ccccc1)c1ccccc1C(=O)NN. The number of hydrazine groups is 1. The van der Waals surface area contributed by atoms with E-state index in [2.05, 4.69) is 12.0 Å². The second-order valence-electron chi connectivity index (χ2n) is 4.18. The molecule has 2 rings (SSSR count). The van der Waals surface area contributed by atoms with Crippen LogP contribution in [0.2, 0.25) is 0 Å². The third-order valence-electron chi connectivity index (χ3n) is 3.07. The highest BCUT2D eigenvalue weighted by Gasteiger charge is 2.17. The maximum atomic E-state index is 11.8. The summed E-state index contributed by atoms with van der Waals surface area (Å²) in [5, 5.41) is 0. The molecule has 0 aliphatic carbocycles. The summed E-state index contributed by atoms with van der Waals surface area (Å²) < 4.78 is 0. The number of nitrogens with one attached hydrogen (secondary N) is 1. The van der Waals surface area contributed by atoms with E-state index in [4.69, 9.17) is 5.84 Å². The lowest BCUT2D eigenvalue weighted by atomic mass is 9.88. The van der Waals surface area contributed by atoms with Gasteiger partial charge in [-0.1, -0.05) is 54.6 Å². The van der Waals surface area contributed by atoms with E-state index in [1.54, 1.807) is 6.07 Å². The number of rotatable bonds is 4. The molecule has 0 saturated heterocycles. The Morgan fingerprint density at radius 3 is 2.37 bits per heavy atom. The summed E-state index contributed by atoms with van der Waals surface area (Å²) in [4.78, 5) is 11.8. The molecule has 0 saturated carbocycles. The topological polar surface area (TPSA) is 55.1 Å². The highest BCUT2D eigenvalue weighted by molar-refractivity contribution is 5.95. The lowest BCUT2D eigenvalue weighted by Crippen LogP contribution is -2.31. The average Bonchev–Trinajstić information content (AvgIpc) is 2.49. The van der Waals surface area contributed by atoms with Gasteiger partial charge < -0.3 is 0 Å². The second-order valence-corrected chi connectivity index (χ2v) is 4.18. The Labute approximate surface area is 112 Å². The molecule has 3 nitrogen and oxygen atoms in total. The van der Waals surface area contributed by atoms with Gasteiger partial charge in [-0.25, -0.2) is 5.84 Å². The molecule has 0 heterocycles. The Morgan fingerprint density at radius 2 is 1.74 bits per heavy atom. The first-order chi connectivity index (χ1) is 9.27. The molecule has 3 N–H and O–H groups in total. The summed E-state index contributed by atoms with van der Waals surface area (Å²) in [6.45, 7) is 3.88. The lowest BCUT2D eigenvalue weighted by Gasteiger charge is -2.16. The number of hydrogen-bond acceptors (Lipinski definition) is 2. The minimum absolute atomic E-state index is 0.0327. The van der Waals surface area contributed by atoms with Gasteiger partial charge in [-0.3, -0.25) is 10.2 Å². The predicted octanol–water partition coefficient (Wildman–Crippen LogP) is 2.61. The molecule has 19 heavy (non-hydrogen) atoms. The van der Waals surface area contributed by atoms with E-state index in [0.29, 0.717) is 5.56 Å². The largest absolute Gasteiger partial charge is 0.290 e. The minimum Gasteiger partial charge on any atom is -0.290 e. The van der Waals surface area contributed by atoms with Gasteiger partial charge in [0.1, 0.15) is 0 Å². The molecule has 0 fully saturated rings. The van der Waals surface area contributed by atoms with Crippen molar-refractivity contribution in [2.45, 2.75) is 5.92 Å². The fraction of sp³-hybridized carbons (Fsp3) is 0.0625. The maximum absolute atomic E-state index is 11.8. The monoisotopic (exact) mass is 252 g/mol. The Hall–Kier alpha value is -2.39. The van der Waals surface area contributed by atoms with E-state index in [1.807, 2.05) is 54.6 Å². The van der Waals surface area contributed by atoms with Gasteiger partial charge in [0, 0.05) is 11.5 Å². The van der Waals surface area contributed by atoms with Gasteiger partial charge in [-0.05, 0) is 17.2 Å². The summed E-state index contributed by atoms with van der Waals surface area (Å²) >= 11 is 0. The van der Waals surface area contributed by atoms with Crippen LogP contribution in [-0.2, 0) is 0 Å². The zero-order valence-corrected chi connectivity index (χ0v) is 10.5. The van der Waals surface area contributed by atoms with Gasteiger partial charge >= 0.3 is 0 Å². The molecule has 2 aromatic rings. The molecular weight excluding hydrogens is 236 g/mol. The predicted molar refractivity (Wildman–Crippen MR) is 76.6 cm³/mol. The first kappa shape index (κ1) is 13.1. The van der Waals surface area contributed by atoms with Crippen molar-refractivity contribution in [1.29, 1.82) is 0 Å². The number of nitrogen functional groups attached to an aromatic ring is 1. The third-order valence-corrected chi connectivity index (χ3v) is 3.07. The number of carbonyl (C=O) groups is 1. The van der Waals surface area contributed by atoms with Gasteiger partial charge in [0.25, 0.3) is 5.91 Å².